The first-order valence-electron chi connectivity index (χ1n) is 4.05. The molecule has 0 atom stereocenters. The normalized spacial score (nSPS) is 11.2. The molecule has 0 aromatic heterocycles. The molecule has 1 aromatic rings. The van der Waals surface area contributed by atoms with Gasteiger partial charge >= 0.3 is 6.18 Å². The minimum absolute atomic E-state index is 0.0383. The van der Waals surface area contributed by atoms with Gasteiger partial charge in [-0.1, -0.05) is 12.7 Å². The van der Waals surface area contributed by atoms with Crippen molar-refractivity contribution in [3.63, 3.8) is 0 Å². The van der Waals surface area contributed by atoms with E-state index in [9.17, 15) is 17.6 Å². The molecule has 5 heteroatoms. The molecule has 0 aliphatic carbocycles. The van der Waals surface area contributed by atoms with Gasteiger partial charge in [-0.2, -0.15) is 13.2 Å². The zero-order valence-electron chi connectivity index (χ0n) is 7.64. The van der Waals surface area contributed by atoms with Gasteiger partial charge < -0.3 is 4.74 Å². The van der Waals surface area contributed by atoms with E-state index in [0.717, 1.165) is 12.1 Å². The molecule has 0 heterocycles. The van der Waals surface area contributed by atoms with Crippen molar-refractivity contribution < 1.29 is 22.3 Å². The van der Waals surface area contributed by atoms with Crippen LogP contribution in [0.3, 0.4) is 0 Å². The van der Waals surface area contributed by atoms with Crippen LogP contribution < -0.4 is 4.74 Å². The predicted octanol–water partition coefficient (Wildman–Crippen LogP) is 3.41. The Kier molecular flexibility index (Phi) is 3.34. The van der Waals surface area contributed by atoms with Gasteiger partial charge in [-0.15, -0.1) is 0 Å². The van der Waals surface area contributed by atoms with Gasteiger partial charge in [0.25, 0.3) is 0 Å². The minimum Gasteiger partial charge on any atom is -0.490 e. The van der Waals surface area contributed by atoms with Crippen molar-refractivity contribution >= 4 is 0 Å². The van der Waals surface area contributed by atoms with Crippen LogP contribution in [0.15, 0.2) is 30.9 Å². The number of hydrogen-bond acceptors (Lipinski definition) is 1. The molecule has 0 fully saturated rings. The molecule has 82 valence electrons. The molecule has 0 saturated carbocycles. The molecule has 0 aliphatic heterocycles. The molecule has 0 unspecified atom stereocenters. The van der Waals surface area contributed by atoms with Crippen LogP contribution in [0, 0.1) is 5.82 Å². The van der Waals surface area contributed by atoms with E-state index in [1.165, 1.54) is 6.08 Å². The van der Waals surface area contributed by atoms with Gasteiger partial charge in [0, 0.05) is 0 Å². The molecule has 0 bridgehead atoms. The summed E-state index contributed by atoms with van der Waals surface area (Å²) >= 11 is 0. The van der Waals surface area contributed by atoms with Crippen molar-refractivity contribution in [3.8, 4) is 5.75 Å². The van der Waals surface area contributed by atoms with Crippen molar-refractivity contribution in [1.82, 2.24) is 0 Å². The predicted molar refractivity (Wildman–Crippen MR) is 47.1 cm³/mol. The van der Waals surface area contributed by atoms with Gasteiger partial charge in [-0.25, -0.2) is 4.39 Å². The zero-order chi connectivity index (χ0) is 11.5. The SMILES string of the molecule is C=CCOc1ccc(F)c(C(F)(F)F)c1. The number of hydrogen-bond donors (Lipinski definition) is 0. The first-order chi connectivity index (χ1) is 6.95. The molecule has 0 radical (unpaired) electrons. The third-order valence-electron chi connectivity index (χ3n) is 1.61. The summed E-state index contributed by atoms with van der Waals surface area (Å²) in [5.74, 6) is -1.35. The quantitative estimate of drug-likeness (QED) is 0.560. The van der Waals surface area contributed by atoms with Crippen molar-refractivity contribution in [2.75, 3.05) is 6.61 Å². The first kappa shape index (κ1) is 11.6. The highest BCUT2D eigenvalue weighted by atomic mass is 19.4. The van der Waals surface area contributed by atoms with Crippen molar-refractivity contribution in [3.05, 3.63) is 42.2 Å². The van der Waals surface area contributed by atoms with E-state index in [1.54, 1.807) is 0 Å². The van der Waals surface area contributed by atoms with Crippen LogP contribution in [0.4, 0.5) is 17.6 Å². The minimum atomic E-state index is -4.71. The maximum atomic E-state index is 12.8. The molecular formula is C10H8F4O. The van der Waals surface area contributed by atoms with E-state index in [2.05, 4.69) is 6.58 Å². The van der Waals surface area contributed by atoms with Crippen LogP contribution in [0.5, 0.6) is 5.75 Å². The molecule has 0 amide bonds. The Morgan fingerprint density at radius 1 is 1.33 bits per heavy atom. The Morgan fingerprint density at radius 3 is 2.53 bits per heavy atom. The molecule has 1 aromatic carbocycles. The van der Waals surface area contributed by atoms with E-state index >= 15 is 0 Å². The monoisotopic (exact) mass is 220 g/mol. The van der Waals surface area contributed by atoms with Gasteiger partial charge in [0.2, 0.25) is 0 Å². The Hall–Kier alpha value is -1.52. The number of ether oxygens (including phenoxy) is 1. The molecule has 0 N–H and O–H groups in total. The van der Waals surface area contributed by atoms with Crippen LogP contribution >= 0.6 is 0 Å². The van der Waals surface area contributed by atoms with Gasteiger partial charge in [-0.05, 0) is 18.2 Å². The molecule has 0 aliphatic rings. The summed E-state index contributed by atoms with van der Waals surface area (Å²) in [5.41, 5.74) is -1.33. The van der Waals surface area contributed by atoms with Crippen LogP contribution in [0.25, 0.3) is 0 Å². The molecule has 1 nitrogen and oxygen atoms in total. The van der Waals surface area contributed by atoms with Crippen LogP contribution in [-0.2, 0) is 6.18 Å². The lowest BCUT2D eigenvalue weighted by molar-refractivity contribution is -0.140. The van der Waals surface area contributed by atoms with Gasteiger partial charge in [0.05, 0.1) is 5.56 Å². The van der Waals surface area contributed by atoms with Crippen LogP contribution in [0.2, 0.25) is 0 Å². The highest BCUT2D eigenvalue weighted by Gasteiger charge is 2.34. The van der Waals surface area contributed by atoms with Gasteiger partial charge in [0.15, 0.2) is 0 Å². The lowest BCUT2D eigenvalue weighted by atomic mass is 10.2. The molecule has 1 rings (SSSR count). The first-order valence-corrected chi connectivity index (χ1v) is 4.05. The summed E-state index contributed by atoms with van der Waals surface area (Å²) in [4.78, 5) is 0. The molecule has 0 spiro atoms. The Bertz CT molecular complexity index is 357. The van der Waals surface area contributed by atoms with Gasteiger partial charge in [-0.3, -0.25) is 0 Å². The smallest absolute Gasteiger partial charge is 0.419 e. The van der Waals surface area contributed by atoms with Crippen molar-refractivity contribution in [2.24, 2.45) is 0 Å². The fourth-order valence-corrected chi connectivity index (χ4v) is 0.967. The van der Waals surface area contributed by atoms with E-state index in [1.807, 2.05) is 0 Å². The highest BCUT2D eigenvalue weighted by molar-refractivity contribution is 5.31. The summed E-state index contributed by atoms with van der Waals surface area (Å²) in [5, 5.41) is 0. The fourth-order valence-electron chi connectivity index (χ4n) is 0.967. The van der Waals surface area contributed by atoms with Crippen LogP contribution in [-0.4, -0.2) is 6.61 Å². The number of rotatable bonds is 3. The molecule has 15 heavy (non-hydrogen) atoms. The molecule has 0 saturated heterocycles. The van der Waals surface area contributed by atoms with E-state index in [0.29, 0.717) is 6.07 Å². The topological polar surface area (TPSA) is 9.23 Å². The second-order valence-electron chi connectivity index (χ2n) is 2.74. The number of alkyl halides is 3. The lowest BCUT2D eigenvalue weighted by Gasteiger charge is -2.10. The van der Waals surface area contributed by atoms with Crippen LogP contribution in [0.1, 0.15) is 5.56 Å². The zero-order valence-corrected chi connectivity index (χ0v) is 7.64. The number of halogens is 4. The maximum Gasteiger partial charge on any atom is 0.419 e. The summed E-state index contributed by atoms with van der Waals surface area (Å²) < 4.78 is 54.4. The lowest BCUT2D eigenvalue weighted by Crippen LogP contribution is -2.08. The standard InChI is InChI=1S/C10H8F4O/c1-2-5-15-7-3-4-9(11)8(6-7)10(12,13)14/h2-4,6H,1,5H2. The van der Waals surface area contributed by atoms with Crippen molar-refractivity contribution in [2.45, 2.75) is 6.18 Å². The number of benzene rings is 1. The average Bonchev–Trinajstić information content (AvgIpc) is 2.15. The summed E-state index contributed by atoms with van der Waals surface area (Å²) in [7, 11) is 0. The van der Waals surface area contributed by atoms with E-state index in [-0.39, 0.29) is 12.4 Å². The summed E-state index contributed by atoms with van der Waals surface area (Å²) in [6.07, 6.45) is -3.33. The third kappa shape index (κ3) is 2.97. The van der Waals surface area contributed by atoms with Crippen molar-refractivity contribution in [1.29, 1.82) is 0 Å². The highest BCUT2D eigenvalue weighted by Crippen LogP contribution is 2.33. The Labute approximate surface area is 84.0 Å². The molecular weight excluding hydrogens is 212 g/mol. The fraction of sp³-hybridized carbons (Fsp3) is 0.200. The Balaban J connectivity index is 3.00. The van der Waals surface area contributed by atoms with Gasteiger partial charge in [0.1, 0.15) is 18.2 Å². The third-order valence-corrected chi connectivity index (χ3v) is 1.61. The van der Waals surface area contributed by atoms with E-state index in [4.69, 9.17) is 4.74 Å². The second-order valence-corrected chi connectivity index (χ2v) is 2.74. The summed E-state index contributed by atoms with van der Waals surface area (Å²) in [6, 6.07) is 2.48. The van der Waals surface area contributed by atoms with E-state index < -0.39 is 17.6 Å². The Morgan fingerprint density at radius 2 is 2.00 bits per heavy atom. The summed E-state index contributed by atoms with van der Waals surface area (Å²) in [6.45, 7) is 3.42. The second kappa shape index (κ2) is 4.33. The average molecular weight is 220 g/mol. The maximum absolute atomic E-state index is 12.8. The largest absolute Gasteiger partial charge is 0.490 e.